The molecule has 0 aliphatic rings. The van der Waals surface area contributed by atoms with Crippen LogP contribution in [0.15, 0.2) is 83.7 Å². The van der Waals surface area contributed by atoms with Crippen molar-refractivity contribution in [1.82, 2.24) is 19.1 Å². The third-order valence-electron chi connectivity index (χ3n) is 4.43. The molecule has 0 radical (unpaired) electrons. The summed E-state index contributed by atoms with van der Waals surface area (Å²) < 4.78 is 3.17. The van der Waals surface area contributed by atoms with Crippen LogP contribution in [-0.2, 0) is 0 Å². The van der Waals surface area contributed by atoms with Gasteiger partial charge >= 0.3 is 5.69 Å². The van der Waals surface area contributed by atoms with Gasteiger partial charge in [-0.2, -0.15) is 0 Å². The second-order valence-corrected chi connectivity index (χ2v) is 6.56. The van der Waals surface area contributed by atoms with Gasteiger partial charge in [-0.05, 0) is 42.5 Å². The summed E-state index contributed by atoms with van der Waals surface area (Å²) in [5.41, 5.74) is 3.58. The first-order chi connectivity index (χ1) is 13.2. The Balaban J connectivity index is 1.96. The van der Waals surface area contributed by atoms with Gasteiger partial charge in [0, 0.05) is 5.02 Å². The van der Waals surface area contributed by atoms with Crippen LogP contribution in [0.5, 0.6) is 0 Å². The Morgan fingerprint density at radius 2 is 1.19 bits per heavy atom. The van der Waals surface area contributed by atoms with E-state index in [-0.39, 0.29) is 5.69 Å². The van der Waals surface area contributed by atoms with Crippen LogP contribution in [0.3, 0.4) is 0 Å². The van der Waals surface area contributed by atoms with Gasteiger partial charge in [0.25, 0.3) is 0 Å². The number of benzene rings is 3. The second-order valence-electron chi connectivity index (χ2n) is 6.13. The van der Waals surface area contributed by atoms with Crippen molar-refractivity contribution >= 4 is 33.9 Å². The Hall–Kier alpha value is -3.44. The van der Waals surface area contributed by atoms with Crippen molar-refractivity contribution in [1.29, 1.82) is 0 Å². The molecule has 0 aliphatic carbocycles. The maximum atomic E-state index is 13.4. The molecule has 0 unspecified atom stereocenters. The Morgan fingerprint density at radius 1 is 0.667 bits per heavy atom. The molecule has 0 aliphatic heterocycles. The number of halogens is 1. The first-order valence-electron chi connectivity index (χ1n) is 8.44. The summed E-state index contributed by atoms with van der Waals surface area (Å²) in [5, 5.41) is 0.576. The van der Waals surface area contributed by atoms with Gasteiger partial charge in [-0.25, -0.2) is 23.9 Å². The van der Waals surface area contributed by atoms with Crippen molar-refractivity contribution in [3.63, 3.8) is 0 Å². The van der Waals surface area contributed by atoms with Gasteiger partial charge in [-0.15, -0.1) is 0 Å². The fourth-order valence-electron chi connectivity index (χ4n) is 3.21. The minimum atomic E-state index is -0.219. The van der Waals surface area contributed by atoms with Crippen LogP contribution in [0.25, 0.3) is 33.7 Å². The molecular formula is C21H13ClN4O. The topological polar surface area (TPSA) is 52.7 Å². The van der Waals surface area contributed by atoms with Gasteiger partial charge in [-0.1, -0.05) is 48.0 Å². The highest BCUT2D eigenvalue weighted by Crippen LogP contribution is 2.23. The predicted octanol–water partition coefficient (Wildman–Crippen LogP) is 4.38. The molecule has 2 aromatic heterocycles. The number of imidazole rings is 1. The average Bonchev–Trinajstić information content (AvgIpc) is 2.98. The summed E-state index contributed by atoms with van der Waals surface area (Å²) in [4.78, 5) is 22.8. The number of hydrogen-bond acceptors (Lipinski definition) is 3. The lowest BCUT2D eigenvalue weighted by atomic mass is 10.3. The number of aromatic nitrogens is 4. The highest BCUT2D eigenvalue weighted by molar-refractivity contribution is 6.31. The zero-order chi connectivity index (χ0) is 18.4. The summed E-state index contributed by atoms with van der Waals surface area (Å²) in [5.74, 6) is 0. The normalized spacial score (nSPS) is 11.3. The van der Waals surface area contributed by atoms with E-state index in [0.29, 0.717) is 27.4 Å². The second kappa shape index (κ2) is 6.07. The van der Waals surface area contributed by atoms with Crippen LogP contribution in [-0.4, -0.2) is 19.1 Å². The number of fused-ring (bicyclic) bond motifs is 2. The summed E-state index contributed by atoms with van der Waals surface area (Å²) in [6.07, 6.45) is 0. The smallest absolute Gasteiger partial charge is 0.247 e. The van der Waals surface area contributed by atoms with Crippen LogP contribution in [0.1, 0.15) is 0 Å². The molecule has 0 atom stereocenters. The Bertz CT molecular complexity index is 1340. The van der Waals surface area contributed by atoms with Crippen molar-refractivity contribution < 1.29 is 0 Å². The lowest BCUT2D eigenvalue weighted by molar-refractivity contribution is 0.922. The van der Waals surface area contributed by atoms with E-state index in [1.165, 1.54) is 0 Å². The summed E-state index contributed by atoms with van der Waals surface area (Å²) in [6, 6.07) is 24.2. The quantitative estimate of drug-likeness (QED) is 0.462. The van der Waals surface area contributed by atoms with E-state index in [9.17, 15) is 4.79 Å². The molecule has 0 saturated heterocycles. The molecule has 2 heterocycles. The Kier molecular flexibility index (Phi) is 3.55. The first kappa shape index (κ1) is 15.8. The van der Waals surface area contributed by atoms with Gasteiger partial charge in [0.2, 0.25) is 0 Å². The van der Waals surface area contributed by atoms with Crippen LogP contribution < -0.4 is 5.69 Å². The van der Waals surface area contributed by atoms with Gasteiger partial charge < -0.3 is 0 Å². The van der Waals surface area contributed by atoms with E-state index >= 15 is 0 Å². The molecule has 0 amide bonds. The summed E-state index contributed by atoms with van der Waals surface area (Å²) in [6.45, 7) is 0. The average molecular weight is 373 g/mol. The van der Waals surface area contributed by atoms with E-state index in [4.69, 9.17) is 21.6 Å². The number of para-hydroxylation sites is 2. The van der Waals surface area contributed by atoms with Crippen molar-refractivity contribution in [2.24, 2.45) is 0 Å². The van der Waals surface area contributed by atoms with Crippen molar-refractivity contribution in [3.8, 4) is 11.4 Å². The van der Waals surface area contributed by atoms with Crippen molar-refractivity contribution in [3.05, 3.63) is 94.4 Å². The van der Waals surface area contributed by atoms with Gasteiger partial charge in [-0.3, -0.25) is 0 Å². The summed E-state index contributed by atoms with van der Waals surface area (Å²) in [7, 11) is 0. The van der Waals surface area contributed by atoms with E-state index in [0.717, 1.165) is 11.4 Å². The highest BCUT2D eigenvalue weighted by Gasteiger charge is 2.19. The fraction of sp³-hybridized carbons (Fsp3) is 0. The zero-order valence-corrected chi connectivity index (χ0v) is 14.8. The largest absolute Gasteiger partial charge is 0.340 e. The maximum absolute atomic E-state index is 13.4. The van der Waals surface area contributed by atoms with Crippen molar-refractivity contribution in [2.45, 2.75) is 0 Å². The van der Waals surface area contributed by atoms with Crippen LogP contribution >= 0.6 is 11.6 Å². The molecule has 130 valence electrons. The van der Waals surface area contributed by atoms with E-state index in [1.807, 2.05) is 66.7 Å². The first-order valence-corrected chi connectivity index (χ1v) is 8.82. The van der Waals surface area contributed by atoms with Crippen LogP contribution in [0.2, 0.25) is 5.02 Å². The Labute approximate surface area is 159 Å². The molecule has 27 heavy (non-hydrogen) atoms. The molecule has 0 fully saturated rings. The molecule has 3 aromatic carbocycles. The van der Waals surface area contributed by atoms with Crippen molar-refractivity contribution in [2.75, 3.05) is 0 Å². The molecule has 5 aromatic rings. The monoisotopic (exact) mass is 372 g/mol. The molecule has 0 saturated carbocycles. The van der Waals surface area contributed by atoms with E-state index in [1.54, 1.807) is 21.3 Å². The SMILES string of the molecule is O=c1n(-c2ccccc2)c2nc3ccc(Cl)cc3nc2n1-c1ccccc1. The Morgan fingerprint density at radius 3 is 1.74 bits per heavy atom. The van der Waals surface area contributed by atoms with Gasteiger partial charge in [0.15, 0.2) is 11.3 Å². The van der Waals surface area contributed by atoms with E-state index < -0.39 is 0 Å². The zero-order valence-electron chi connectivity index (χ0n) is 14.1. The third-order valence-corrected chi connectivity index (χ3v) is 4.66. The predicted molar refractivity (Wildman–Crippen MR) is 107 cm³/mol. The van der Waals surface area contributed by atoms with Crippen LogP contribution in [0, 0.1) is 0 Å². The van der Waals surface area contributed by atoms with Crippen LogP contribution in [0.4, 0.5) is 0 Å². The molecule has 0 spiro atoms. The maximum Gasteiger partial charge on any atom is 0.340 e. The van der Waals surface area contributed by atoms with E-state index in [2.05, 4.69) is 0 Å². The number of nitrogens with zero attached hydrogens (tertiary/aromatic N) is 4. The molecule has 5 nitrogen and oxygen atoms in total. The third kappa shape index (κ3) is 2.52. The standard InChI is InChI=1S/C21H13ClN4O/c22-14-11-12-17-18(13-14)24-20-19(23-17)25(15-7-3-1-4-8-15)21(27)26(20)16-9-5-2-6-10-16/h1-13H. The number of rotatable bonds is 2. The highest BCUT2D eigenvalue weighted by atomic mass is 35.5. The fourth-order valence-corrected chi connectivity index (χ4v) is 3.38. The number of hydrogen-bond donors (Lipinski definition) is 0. The van der Waals surface area contributed by atoms with Gasteiger partial charge in [0.05, 0.1) is 22.4 Å². The molecule has 0 N–H and O–H groups in total. The lowest BCUT2D eigenvalue weighted by Crippen LogP contribution is -2.22. The molecule has 0 bridgehead atoms. The molecule has 6 heteroatoms. The summed E-state index contributed by atoms with van der Waals surface area (Å²) >= 11 is 6.12. The van der Waals surface area contributed by atoms with Gasteiger partial charge in [0.1, 0.15) is 0 Å². The minimum absolute atomic E-state index is 0.219. The lowest BCUT2D eigenvalue weighted by Gasteiger charge is -2.03. The molecule has 5 rings (SSSR count). The molecular weight excluding hydrogens is 360 g/mol. The minimum Gasteiger partial charge on any atom is -0.247 e.